The normalized spacial score (nSPS) is 22.4. The Morgan fingerprint density at radius 1 is 1.04 bits per heavy atom. The Morgan fingerprint density at radius 3 is 2.21 bits per heavy atom. The second-order valence-electron chi connectivity index (χ2n) is 7.33. The van der Waals surface area contributed by atoms with E-state index in [0.29, 0.717) is 25.9 Å². The van der Waals surface area contributed by atoms with Crippen LogP contribution in [0.15, 0.2) is 42.5 Å². The van der Waals surface area contributed by atoms with Gasteiger partial charge in [-0.15, -0.1) is 0 Å². The number of carbonyl (C=O) groups excluding carboxylic acids is 1. The molecular formula is C20H20F3N3O2. The summed E-state index contributed by atoms with van der Waals surface area (Å²) in [5.74, 6) is -1.85. The highest BCUT2D eigenvalue weighted by Gasteiger charge is 2.56. The molecule has 148 valence electrons. The van der Waals surface area contributed by atoms with Crippen LogP contribution >= 0.6 is 0 Å². The van der Waals surface area contributed by atoms with Gasteiger partial charge in [-0.3, -0.25) is 9.69 Å². The maximum atomic E-state index is 13.3. The highest BCUT2D eigenvalue weighted by Crippen LogP contribution is 2.49. The minimum Gasteiger partial charge on any atom is -0.361 e. The summed E-state index contributed by atoms with van der Waals surface area (Å²) in [5.41, 5.74) is 0.401. The number of amides is 1. The van der Waals surface area contributed by atoms with Gasteiger partial charge in [0.05, 0.1) is 11.5 Å². The maximum absolute atomic E-state index is 13.3. The number of anilines is 1. The summed E-state index contributed by atoms with van der Waals surface area (Å²) in [4.78, 5) is 14.0. The van der Waals surface area contributed by atoms with Crippen molar-refractivity contribution in [2.24, 2.45) is 5.41 Å². The zero-order chi connectivity index (χ0) is 19.9. The number of carbonyl (C=O) groups is 1. The molecule has 5 nitrogen and oxygen atoms in total. The van der Waals surface area contributed by atoms with E-state index >= 15 is 0 Å². The molecule has 2 aliphatic rings. The third-order valence-electron chi connectivity index (χ3n) is 5.68. The highest BCUT2D eigenvalue weighted by atomic mass is 19.1. The van der Waals surface area contributed by atoms with Crippen LogP contribution in [0.1, 0.15) is 24.4 Å². The molecule has 2 saturated heterocycles. The van der Waals surface area contributed by atoms with Crippen molar-refractivity contribution in [2.75, 3.05) is 18.4 Å². The van der Waals surface area contributed by atoms with Crippen molar-refractivity contribution >= 4 is 11.6 Å². The summed E-state index contributed by atoms with van der Waals surface area (Å²) in [6, 6.07) is 8.84. The first-order chi connectivity index (χ1) is 13.4. The molecule has 2 aromatic rings. The lowest BCUT2D eigenvalue weighted by molar-refractivity contribution is -0.154. The van der Waals surface area contributed by atoms with Crippen molar-refractivity contribution < 1.29 is 23.1 Å². The molecule has 28 heavy (non-hydrogen) atoms. The lowest BCUT2D eigenvalue weighted by atomic mass is 9.64. The van der Waals surface area contributed by atoms with Crippen LogP contribution < -0.4 is 10.6 Å². The fourth-order valence-corrected chi connectivity index (χ4v) is 4.08. The molecule has 1 amide bonds. The van der Waals surface area contributed by atoms with E-state index < -0.39 is 23.4 Å². The van der Waals surface area contributed by atoms with Crippen molar-refractivity contribution in [1.29, 1.82) is 0 Å². The summed E-state index contributed by atoms with van der Waals surface area (Å²) in [6.07, 6.45) is -0.111. The summed E-state index contributed by atoms with van der Waals surface area (Å²) in [6.45, 7) is 0.855. The Kier molecular flexibility index (Phi) is 4.76. The smallest absolute Gasteiger partial charge is 0.229 e. The molecule has 2 fully saturated rings. The molecule has 0 radical (unpaired) electrons. The third kappa shape index (κ3) is 3.33. The molecule has 2 atom stereocenters. The number of aliphatic hydroxyl groups is 1. The number of nitrogens with one attached hydrogen (secondary N) is 2. The van der Waals surface area contributed by atoms with Crippen molar-refractivity contribution in [3.8, 4) is 0 Å². The Hall–Kier alpha value is -2.58. The molecule has 4 rings (SSSR count). The van der Waals surface area contributed by atoms with Crippen molar-refractivity contribution in [2.45, 2.75) is 25.2 Å². The number of aliphatic hydroxyl groups excluding tert-OH is 1. The molecule has 0 aromatic heterocycles. The van der Waals surface area contributed by atoms with Gasteiger partial charge in [0.25, 0.3) is 0 Å². The van der Waals surface area contributed by atoms with Crippen LogP contribution in [-0.4, -0.2) is 35.4 Å². The van der Waals surface area contributed by atoms with Gasteiger partial charge in [-0.25, -0.2) is 13.2 Å². The second-order valence-corrected chi connectivity index (χ2v) is 7.33. The van der Waals surface area contributed by atoms with E-state index in [0.717, 1.165) is 23.8 Å². The molecule has 8 heteroatoms. The molecular weight excluding hydrogens is 371 g/mol. The van der Waals surface area contributed by atoms with E-state index in [4.69, 9.17) is 0 Å². The van der Waals surface area contributed by atoms with E-state index in [1.165, 1.54) is 12.1 Å². The molecule has 2 aliphatic heterocycles. The summed E-state index contributed by atoms with van der Waals surface area (Å²) >= 11 is 0. The molecule has 0 bridgehead atoms. The number of piperidine rings is 1. The highest BCUT2D eigenvalue weighted by molar-refractivity contribution is 5.90. The number of nitrogens with zero attached hydrogens (tertiary/aromatic N) is 1. The Morgan fingerprint density at radius 2 is 1.64 bits per heavy atom. The summed E-state index contributed by atoms with van der Waals surface area (Å²) in [5, 5.41) is 15.9. The molecule has 1 spiro atoms. The fourth-order valence-electron chi connectivity index (χ4n) is 4.08. The second kappa shape index (κ2) is 7.10. The average molecular weight is 391 g/mol. The topological polar surface area (TPSA) is 64.6 Å². The van der Waals surface area contributed by atoms with Gasteiger partial charge in [0.1, 0.15) is 17.5 Å². The van der Waals surface area contributed by atoms with E-state index in [1.807, 2.05) is 0 Å². The number of rotatable bonds is 4. The number of likely N-dealkylation sites (tertiary alicyclic amines) is 1. The largest absolute Gasteiger partial charge is 0.361 e. The molecule has 2 unspecified atom stereocenters. The molecule has 2 heterocycles. The van der Waals surface area contributed by atoms with Gasteiger partial charge in [-0.2, -0.15) is 0 Å². The summed E-state index contributed by atoms with van der Waals surface area (Å²) < 4.78 is 39.8. The van der Waals surface area contributed by atoms with Crippen molar-refractivity contribution in [1.82, 2.24) is 10.2 Å². The van der Waals surface area contributed by atoms with Gasteiger partial charge in [0.2, 0.25) is 5.91 Å². The van der Waals surface area contributed by atoms with E-state index in [-0.39, 0.29) is 23.5 Å². The van der Waals surface area contributed by atoms with Gasteiger partial charge >= 0.3 is 0 Å². The van der Waals surface area contributed by atoms with Crippen LogP contribution in [0.25, 0.3) is 0 Å². The molecule has 0 aliphatic carbocycles. The van der Waals surface area contributed by atoms with Crippen LogP contribution in [0.3, 0.4) is 0 Å². The van der Waals surface area contributed by atoms with Crippen LogP contribution in [0.5, 0.6) is 0 Å². The van der Waals surface area contributed by atoms with Gasteiger partial charge in [-0.1, -0.05) is 12.1 Å². The zero-order valence-electron chi connectivity index (χ0n) is 15.0. The van der Waals surface area contributed by atoms with Crippen molar-refractivity contribution in [3.05, 3.63) is 65.5 Å². The number of hydrogen-bond donors (Lipinski definition) is 3. The summed E-state index contributed by atoms with van der Waals surface area (Å²) in [7, 11) is 0. The first-order valence-electron chi connectivity index (χ1n) is 9.09. The monoisotopic (exact) mass is 391 g/mol. The predicted molar refractivity (Wildman–Crippen MR) is 96.5 cm³/mol. The predicted octanol–water partition coefficient (Wildman–Crippen LogP) is 2.75. The minimum absolute atomic E-state index is 0.0453. The third-order valence-corrected chi connectivity index (χ3v) is 5.68. The molecule has 3 N–H and O–H groups in total. The Bertz CT molecular complexity index is 863. The van der Waals surface area contributed by atoms with E-state index in [9.17, 15) is 23.1 Å². The zero-order valence-corrected chi connectivity index (χ0v) is 15.0. The lowest BCUT2D eigenvalue weighted by Gasteiger charge is -2.53. The first-order valence-corrected chi connectivity index (χ1v) is 9.09. The van der Waals surface area contributed by atoms with Crippen LogP contribution in [0, 0.1) is 22.9 Å². The Labute approximate surface area is 160 Å². The number of β-lactam (4-membered cyclic amide) rings is 1. The van der Waals surface area contributed by atoms with Crippen molar-refractivity contribution in [3.63, 3.8) is 0 Å². The Balaban J connectivity index is 1.41. The van der Waals surface area contributed by atoms with E-state index in [1.54, 1.807) is 17.0 Å². The van der Waals surface area contributed by atoms with Gasteiger partial charge in [-0.05, 0) is 42.7 Å². The van der Waals surface area contributed by atoms with Crippen LogP contribution in [-0.2, 0) is 4.79 Å². The molecule has 0 saturated carbocycles. The number of benzene rings is 2. The fraction of sp³-hybridized carbons (Fsp3) is 0.350. The average Bonchev–Trinajstić information content (AvgIpc) is 2.66. The maximum Gasteiger partial charge on any atom is 0.229 e. The quantitative estimate of drug-likeness (QED) is 0.554. The van der Waals surface area contributed by atoms with E-state index in [2.05, 4.69) is 10.6 Å². The first kappa shape index (κ1) is 18.8. The number of halogens is 3. The lowest BCUT2D eigenvalue weighted by Crippen LogP contribution is -2.65. The number of hydrogen-bond acceptors (Lipinski definition) is 4. The minimum atomic E-state index is -1.13. The SMILES string of the molecule is O=C1NC(c2ccc(F)cc2)C12CCN(C(O)Nc1cc(F)cc(F)c1)CC2. The molecule has 2 aromatic carbocycles. The van der Waals surface area contributed by atoms with Gasteiger partial charge < -0.3 is 15.7 Å². The van der Waals surface area contributed by atoms with Gasteiger partial charge in [0.15, 0.2) is 6.35 Å². The van der Waals surface area contributed by atoms with Crippen LogP contribution in [0.2, 0.25) is 0 Å². The van der Waals surface area contributed by atoms with Crippen LogP contribution in [0.4, 0.5) is 18.9 Å². The standard InChI is InChI=1S/C20H20F3N3O2/c21-13-3-1-12(2-4-13)17-20(18(27)25-17)5-7-26(8-6-20)19(28)24-16-10-14(22)9-15(23)11-16/h1-4,9-11,17,19,24,28H,5-8H2,(H,25,27). The van der Waals surface area contributed by atoms with Gasteiger partial charge in [0, 0.05) is 24.8 Å².